The van der Waals surface area contributed by atoms with E-state index in [1.807, 2.05) is 0 Å². The molecule has 0 radical (unpaired) electrons. The first-order valence-electron chi connectivity index (χ1n) is 24.9. The van der Waals surface area contributed by atoms with E-state index in [1.165, 1.54) is 99.8 Å². The molecule has 0 aliphatic heterocycles. The van der Waals surface area contributed by atoms with E-state index >= 15 is 0 Å². The lowest BCUT2D eigenvalue weighted by Gasteiger charge is -2.35. The van der Waals surface area contributed by atoms with Crippen LogP contribution in [0.1, 0.15) is 22.3 Å². The summed E-state index contributed by atoms with van der Waals surface area (Å²) in [6.45, 7) is 0. The number of hydrogen-bond acceptors (Lipinski definition) is 1. The summed E-state index contributed by atoms with van der Waals surface area (Å²) >= 11 is 0. The van der Waals surface area contributed by atoms with Crippen molar-refractivity contribution in [3.05, 3.63) is 320 Å². The van der Waals surface area contributed by atoms with Gasteiger partial charge in [-0.3, -0.25) is 0 Å². The third kappa shape index (κ3) is 7.42. The quantitative estimate of drug-likeness (QED) is 0.132. The highest BCUT2D eigenvalue weighted by Crippen LogP contribution is 2.59. The molecular formula is C71H49N. The van der Waals surface area contributed by atoms with Crippen LogP contribution in [0.2, 0.25) is 0 Å². The molecule has 0 saturated heterocycles. The molecular weight excluding hydrogens is 867 g/mol. The summed E-state index contributed by atoms with van der Waals surface area (Å²) in [6, 6.07) is 109. The fourth-order valence-electron chi connectivity index (χ4n) is 11.3. The smallest absolute Gasteiger partial charge is 0.0714 e. The molecule has 0 bridgehead atoms. The monoisotopic (exact) mass is 915 g/mol. The van der Waals surface area contributed by atoms with Crippen LogP contribution in [0.15, 0.2) is 297 Å². The minimum atomic E-state index is -0.586. The van der Waals surface area contributed by atoms with Crippen molar-refractivity contribution in [1.82, 2.24) is 0 Å². The molecule has 338 valence electrons. The van der Waals surface area contributed by atoms with Gasteiger partial charge in [0.25, 0.3) is 0 Å². The van der Waals surface area contributed by atoms with Crippen LogP contribution in [-0.2, 0) is 5.41 Å². The van der Waals surface area contributed by atoms with Crippen molar-refractivity contribution in [2.45, 2.75) is 5.41 Å². The van der Waals surface area contributed by atoms with Crippen molar-refractivity contribution in [2.24, 2.45) is 0 Å². The van der Waals surface area contributed by atoms with Crippen LogP contribution in [0.5, 0.6) is 0 Å². The van der Waals surface area contributed by atoms with Crippen LogP contribution in [-0.4, -0.2) is 0 Å². The highest BCUT2D eigenvalue weighted by molar-refractivity contribution is 6.04. The molecule has 12 aromatic carbocycles. The van der Waals surface area contributed by atoms with Crippen LogP contribution in [0.25, 0.3) is 77.5 Å². The molecule has 13 rings (SSSR count). The van der Waals surface area contributed by atoms with Gasteiger partial charge in [-0.25, -0.2) is 0 Å². The second kappa shape index (κ2) is 18.2. The van der Waals surface area contributed by atoms with Crippen LogP contribution < -0.4 is 4.90 Å². The Labute approximate surface area is 422 Å². The Morgan fingerprint density at radius 1 is 0.236 bits per heavy atom. The molecule has 0 amide bonds. The van der Waals surface area contributed by atoms with Gasteiger partial charge in [0.15, 0.2) is 0 Å². The van der Waals surface area contributed by atoms with Gasteiger partial charge >= 0.3 is 0 Å². The van der Waals surface area contributed by atoms with Crippen molar-refractivity contribution >= 4 is 27.8 Å². The lowest BCUT2D eigenvalue weighted by Crippen LogP contribution is -2.28. The highest BCUT2D eigenvalue weighted by Gasteiger charge is 2.47. The Morgan fingerprint density at radius 2 is 0.611 bits per heavy atom. The normalized spacial score (nSPS) is 12.3. The van der Waals surface area contributed by atoms with E-state index in [0.717, 1.165) is 17.1 Å². The first-order chi connectivity index (χ1) is 35.7. The summed E-state index contributed by atoms with van der Waals surface area (Å²) in [4.78, 5) is 2.49. The SMILES string of the molecule is c1ccc(-c2ccc(-c3ccc(N(c4ccc(-c5ccc(-c6ccccc6)cc5)cc4)c4cc5c(cc4-c4cccc6ccccc46)-c4ccccc4C5(c4ccccc4)c4ccccc4)cc3)cc2)cc1. The third-order valence-corrected chi connectivity index (χ3v) is 14.8. The van der Waals surface area contributed by atoms with Crippen LogP contribution >= 0.6 is 0 Å². The fraction of sp³-hybridized carbons (Fsp3) is 0.0141. The minimum Gasteiger partial charge on any atom is -0.310 e. The molecule has 0 aromatic heterocycles. The number of benzene rings is 12. The summed E-state index contributed by atoms with van der Waals surface area (Å²) in [5.41, 5.74) is 22.1. The second-order valence-electron chi connectivity index (χ2n) is 18.8. The summed E-state index contributed by atoms with van der Waals surface area (Å²) in [7, 11) is 0. The molecule has 0 N–H and O–H groups in total. The van der Waals surface area contributed by atoms with Crippen molar-refractivity contribution in [3.8, 4) is 66.8 Å². The molecule has 1 aliphatic carbocycles. The summed E-state index contributed by atoms with van der Waals surface area (Å²) < 4.78 is 0. The average molecular weight is 916 g/mol. The van der Waals surface area contributed by atoms with Gasteiger partial charge in [0.05, 0.1) is 11.1 Å². The van der Waals surface area contributed by atoms with Gasteiger partial charge in [-0.15, -0.1) is 0 Å². The summed E-state index contributed by atoms with van der Waals surface area (Å²) in [5, 5.41) is 2.43. The van der Waals surface area contributed by atoms with E-state index in [9.17, 15) is 0 Å². The van der Waals surface area contributed by atoms with Crippen molar-refractivity contribution in [1.29, 1.82) is 0 Å². The zero-order chi connectivity index (χ0) is 47.8. The molecule has 1 nitrogen and oxygen atoms in total. The number of nitrogens with zero attached hydrogens (tertiary/aromatic N) is 1. The van der Waals surface area contributed by atoms with E-state index in [-0.39, 0.29) is 0 Å². The molecule has 0 fully saturated rings. The highest BCUT2D eigenvalue weighted by atomic mass is 15.1. The third-order valence-electron chi connectivity index (χ3n) is 14.8. The van der Waals surface area contributed by atoms with Gasteiger partial charge in [0.2, 0.25) is 0 Å². The van der Waals surface area contributed by atoms with Gasteiger partial charge in [-0.2, -0.15) is 0 Å². The molecule has 0 heterocycles. The first-order valence-corrected chi connectivity index (χ1v) is 24.9. The Balaban J connectivity index is 1.04. The van der Waals surface area contributed by atoms with Gasteiger partial charge in [0.1, 0.15) is 0 Å². The Bertz CT molecular complexity index is 3670. The van der Waals surface area contributed by atoms with Gasteiger partial charge < -0.3 is 4.90 Å². The zero-order valence-electron chi connectivity index (χ0n) is 39.7. The maximum atomic E-state index is 2.53. The molecule has 0 saturated carbocycles. The van der Waals surface area contributed by atoms with Gasteiger partial charge in [-0.05, 0) is 131 Å². The molecule has 0 spiro atoms. The molecule has 12 aromatic rings. The van der Waals surface area contributed by atoms with Crippen LogP contribution in [0.3, 0.4) is 0 Å². The first kappa shape index (κ1) is 42.8. The van der Waals surface area contributed by atoms with Crippen LogP contribution in [0.4, 0.5) is 17.1 Å². The Morgan fingerprint density at radius 3 is 1.11 bits per heavy atom. The average Bonchev–Trinajstić information content (AvgIpc) is 3.76. The molecule has 1 heteroatoms. The number of anilines is 3. The lowest BCUT2D eigenvalue weighted by molar-refractivity contribution is 0.768. The zero-order valence-corrected chi connectivity index (χ0v) is 39.7. The maximum Gasteiger partial charge on any atom is 0.0714 e. The standard InChI is InChI=1S/C71H49N/c1-5-18-50(19-6-1)52-32-36-54(37-33-52)56-40-44-61(45-41-56)72(62-46-42-57(43-47-62)55-38-34-53(35-39-55)51-20-7-2-8-21-51)70-49-69-66(48-67(70)64-30-17-23-58-22-13-14-28-63(58)64)65-29-15-16-31-68(65)71(69,59-24-9-3-10-25-59)60-26-11-4-12-27-60/h1-49H. The maximum absolute atomic E-state index is 2.53. The van der Waals surface area contributed by atoms with E-state index in [0.29, 0.717) is 0 Å². The molecule has 72 heavy (non-hydrogen) atoms. The van der Waals surface area contributed by atoms with E-state index < -0.39 is 5.41 Å². The van der Waals surface area contributed by atoms with Gasteiger partial charge in [-0.1, -0.05) is 261 Å². The predicted molar refractivity (Wildman–Crippen MR) is 303 cm³/mol. The Hall–Kier alpha value is -9.30. The summed E-state index contributed by atoms with van der Waals surface area (Å²) in [6.07, 6.45) is 0. The number of hydrogen-bond donors (Lipinski definition) is 0. The summed E-state index contributed by atoms with van der Waals surface area (Å²) in [5.74, 6) is 0. The second-order valence-corrected chi connectivity index (χ2v) is 18.8. The molecule has 0 atom stereocenters. The number of fused-ring (bicyclic) bond motifs is 4. The number of rotatable bonds is 10. The van der Waals surface area contributed by atoms with Crippen molar-refractivity contribution < 1.29 is 0 Å². The Kier molecular flexibility index (Phi) is 10.8. The van der Waals surface area contributed by atoms with Crippen LogP contribution in [0, 0.1) is 0 Å². The van der Waals surface area contributed by atoms with E-state index in [4.69, 9.17) is 0 Å². The topological polar surface area (TPSA) is 3.24 Å². The van der Waals surface area contributed by atoms with E-state index in [2.05, 4.69) is 302 Å². The molecule has 1 aliphatic rings. The van der Waals surface area contributed by atoms with Crippen molar-refractivity contribution in [2.75, 3.05) is 4.90 Å². The van der Waals surface area contributed by atoms with E-state index in [1.54, 1.807) is 0 Å². The van der Waals surface area contributed by atoms with Crippen molar-refractivity contribution in [3.63, 3.8) is 0 Å². The largest absolute Gasteiger partial charge is 0.310 e. The molecule has 0 unspecified atom stereocenters. The predicted octanol–water partition coefficient (Wildman–Crippen LogP) is 19.0. The fourth-order valence-corrected chi connectivity index (χ4v) is 11.3. The van der Waals surface area contributed by atoms with Gasteiger partial charge in [0, 0.05) is 16.9 Å². The minimum absolute atomic E-state index is 0.586. The lowest BCUT2D eigenvalue weighted by atomic mass is 9.67.